The molecule has 0 N–H and O–H groups in total. The lowest BCUT2D eigenvalue weighted by Gasteiger charge is -2.21. The largest absolute Gasteiger partial charge is 0.462 e. The summed E-state index contributed by atoms with van der Waals surface area (Å²) in [7, 11) is 4.04. The maximum Gasteiger partial charge on any atom is 0.309 e. The van der Waals surface area contributed by atoms with Crippen molar-refractivity contribution in [3.8, 4) is 0 Å². The summed E-state index contributed by atoms with van der Waals surface area (Å²) in [6.07, 6.45) is 29.8. The van der Waals surface area contributed by atoms with Gasteiger partial charge in [-0.3, -0.25) is 9.59 Å². The van der Waals surface area contributed by atoms with Crippen LogP contribution in [0.15, 0.2) is 0 Å². The van der Waals surface area contributed by atoms with E-state index in [0.717, 1.165) is 57.9 Å². The summed E-state index contributed by atoms with van der Waals surface area (Å²) in [6.45, 7) is 7.81. The maximum absolute atomic E-state index is 13.2. The minimum atomic E-state index is -0.325. The number of unbranched alkanes of at least 4 members (excludes halogenated alkanes) is 18. The van der Waals surface area contributed by atoms with E-state index < -0.39 is 0 Å². The average molecular weight is 596 g/mol. The Bertz CT molecular complexity index is 580. The Labute approximate surface area is 262 Å². The summed E-state index contributed by atoms with van der Waals surface area (Å²) in [6, 6.07) is 0. The number of hydrogen-bond acceptors (Lipinski definition) is 5. The van der Waals surface area contributed by atoms with Gasteiger partial charge in [0, 0.05) is 6.42 Å². The third-order valence-electron chi connectivity index (χ3n) is 8.47. The van der Waals surface area contributed by atoms with E-state index in [2.05, 4.69) is 25.7 Å². The highest BCUT2D eigenvalue weighted by atomic mass is 16.6. The molecule has 1 unspecified atom stereocenters. The molecular formula is C37H73NO4. The summed E-state index contributed by atoms with van der Waals surface area (Å²) < 4.78 is 11.8. The number of hydrogen-bond donors (Lipinski definition) is 0. The van der Waals surface area contributed by atoms with Crippen molar-refractivity contribution in [1.29, 1.82) is 0 Å². The van der Waals surface area contributed by atoms with Gasteiger partial charge in [-0.15, -0.1) is 0 Å². The van der Waals surface area contributed by atoms with Crippen molar-refractivity contribution in [2.45, 2.75) is 194 Å². The lowest BCUT2D eigenvalue weighted by atomic mass is 9.94. The molecule has 0 saturated carbocycles. The molecule has 0 fully saturated rings. The van der Waals surface area contributed by atoms with Gasteiger partial charge in [-0.05, 0) is 52.7 Å². The molecule has 0 aromatic carbocycles. The monoisotopic (exact) mass is 596 g/mol. The van der Waals surface area contributed by atoms with Gasteiger partial charge >= 0.3 is 11.9 Å². The van der Waals surface area contributed by atoms with Gasteiger partial charge in [0.2, 0.25) is 0 Å². The molecule has 0 bridgehead atoms. The van der Waals surface area contributed by atoms with Crippen molar-refractivity contribution in [1.82, 2.24) is 4.90 Å². The van der Waals surface area contributed by atoms with Crippen molar-refractivity contribution in [2.24, 2.45) is 5.92 Å². The van der Waals surface area contributed by atoms with Crippen LogP contribution in [0.1, 0.15) is 188 Å². The molecule has 42 heavy (non-hydrogen) atoms. The number of nitrogens with zero attached hydrogens (tertiary/aromatic N) is 1. The van der Waals surface area contributed by atoms with E-state index >= 15 is 0 Å². The molecule has 0 aromatic heterocycles. The van der Waals surface area contributed by atoms with E-state index in [4.69, 9.17) is 9.47 Å². The van der Waals surface area contributed by atoms with Gasteiger partial charge in [-0.25, -0.2) is 0 Å². The number of ether oxygens (including phenoxy) is 2. The van der Waals surface area contributed by atoms with Gasteiger partial charge in [0.15, 0.2) is 0 Å². The van der Waals surface area contributed by atoms with Gasteiger partial charge < -0.3 is 14.4 Å². The van der Waals surface area contributed by atoms with Crippen LogP contribution in [0.5, 0.6) is 0 Å². The first kappa shape index (κ1) is 40.9. The molecular weight excluding hydrogens is 522 g/mol. The Morgan fingerprint density at radius 2 is 0.952 bits per heavy atom. The van der Waals surface area contributed by atoms with Gasteiger partial charge in [-0.2, -0.15) is 0 Å². The Morgan fingerprint density at radius 3 is 1.38 bits per heavy atom. The Kier molecular flexibility index (Phi) is 30.5. The second-order valence-corrected chi connectivity index (χ2v) is 13.1. The molecule has 0 spiro atoms. The Balaban J connectivity index is 4.72. The molecule has 0 amide bonds. The summed E-state index contributed by atoms with van der Waals surface area (Å²) in [5.74, 6) is -0.260. The third-order valence-corrected chi connectivity index (χ3v) is 8.47. The molecule has 0 rings (SSSR count). The Morgan fingerprint density at radius 1 is 0.548 bits per heavy atom. The highest BCUT2D eigenvalue weighted by Gasteiger charge is 2.22. The first-order valence-corrected chi connectivity index (χ1v) is 18.4. The standard InChI is InChI=1S/C37H73NO4/c1-6-9-12-15-16-17-18-19-20-23-26-30-35(42-36(39)31-27-32-38(4)5)33-41-37(40)34(28-24-21-13-10-7-2)29-25-22-14-11-8-3/h34-35H,6-33H2,1-5H3. The highest BCUT2D eigenvalue weighted by Crippen LogP contribution is 2.21. The average Bonchev–Trinajstić information content (AvgIpc) is 2.96. The molecule has 0 aliphatic carbocycles. The molecule has 0 aliphatic heterocycles. The van der Waals surface area contributed by atoms with Crippen LogP contribution in [-0.2, 0) is 19.1 Å². The van der Waals surface area contributed by atoms with E-state index in [9.17, 15) is 9.59 Å². The van der Waals surface area contributed by atoms with Gasteiger partial charge in [0.05, 0.1) is 5.92 Å². The van der Waals surface area contributed by atoms with E-state index in [1.807, 2.05) is 14.1 Å². The zero-order chi connectivity index (χ0) is 31.1. The second-order valence-electron chi connectivity index (χ2n) is 13.1. The molecule has 0 radical (unpaired) electrons. The molecule has 5 heteroatoms. The number of rotatable bonds is 32. The van der Waals surface area contributed by atoms with Crippen LogP contribution in [0.25, 0.3) is 0 Å². The van der Waals surface area contributed by atoms with Crippen LogP contribution in [0, 0.1) is 5.92 Å². The molecule has 5 nitrogen and oxygen atoms in total. The number of carbonyl (C=O) groups excluding carboxylic acids is 2. The predicted octanol–water partition coefficient (Wildman–Crippen LogP) is 10.8. The lowest BCUT2D eigenvalue weighted by Crippen LogP contribution is -2.28. The smallest absolute Gasteiger partial charge is 0.309 e. The summed E-state index contributed by atoms with van der Waals surface area (Å²) in [5, 5.41) is 0. The fourth-order valence-corrected chi connectivity index (χ4v) is 5.66. The summed E-state index contributed by atoms with van der Waals surface area (Å²) in [5.41, 5.74) is 0. The van der Waals surface area contributed by atoms with Crippen molar-refractivity contribution in [3.63, 3.8) is 0 Å². The predicted molar refractivity (Wildman–Crippen MR) is 180 cm³/mol. The molecule has 250 valence electrons. The fraction of sp³-hybridized carbons (Fsp3) is 0.946. The molecule has 0 aromatic rings. The molecule has 0 saturated heterocycles. The van der Waals surface area contributed by atoms with Gasteiger partial charge in [-0.1, -0.05) is 149 Å². The Hall–Kier alpha value is -1.10. The first-order chi connectivity index (χ1) is 20.4. The maximum atomic E-state index is 13.2. The quantitative estimate of drug-likeness (QED) is 0.0572. The molecule has 0 heterocycles. The third kappa shape index (κ3) is 27.7. The normalized spacial score (nSPS) is 12.3. The van der Waals surface area contributed by atoms with E-state index in [0.29, 0.717) is 6.42 Å². The minimum absolute atomic E-state index is 0.0216. The van der Waals surface area contributed by atoms with Crippen LogP contribution >= 0.6 is 0 Å². The fourth-order valence-electron chi connectivity index (χ4n) is 5.66. The highest BCUT2D eigenvalue weighted by molar-refractivity contribution is 5.72. The van der Waals surface area contributed by atoms with Crippen LogP contribution < -0.4 is 0 Å². The van der Waals surface area contributed by atoms with E-state index in [1.165, 1.54) is 109 Å². The van der Waals surface area contributed by atoms with Gasteiger partial charge in [0.25, 0.3) is 0 Å². The van der Waals surface area contributed by atoms with Crippen molar-refractivity contribution < 1.29 is 19.1 Å². The topological polar surface area (TPSA) is 55.8 Å². The summed E-state index contributed by atoms with van der Waals surface area (Å²) >= 11 is 0. The lowest BCUT2D eigenvalue weighted by molar-refractivity contribution is -0.162. The second kappa shape index (κ2) is 31.3. The van der Waals surface area contributed by atoms with Crippen molar-refractivity contribution >= 4 is 11.9 Å². The van der Waals surface area contributed by atoms with Crippen LogP contribution in [0.2, 0.25) is 0 Å². The van der Waals surface area contributed by atoms with Crippen LogP contribution in [0.3, 0.4) is 0 Å². The minimum Gasteiger partial charge on any atom is -0.462 e. The molecule has 0 aliphatic rings. The number of esters is 2. The molecule has 1 atom stereocenters. The van der Waals surface area contributed by atoms with Crippen molar-refractivity contribution in [2.75, 3.05) is 27.2 Å². The van der Waals surface area contributed by atoms with E-state index in [1.54, 1.807) is 0 Å². The van der Waals surface area contributed by atoms with Gasteiger partial charge in [0.1, 0.15) is 12.7 Å². The zero-order valence-electron chi connectivity index (χ0n) is 29.0. The summed E-state index contributed by atoms with van der Waals surface area (Å²) in [4.78, 5) is 27.9. The van der Waals surface area contributed by atoms with E-state index in [-0.39, 0.29) is 30.6 Å². The number of carbonyl (C=O) groups is 2. The zero-order valence-corrected chi connectivity index (χ0v) is 29.0. The van der Waals surface area contributed by atoms with Crippen molar-refractivity contribution in [3.05, 3.63) is 0 Å². The SMILES string of the molecule is CCCCCCCCCCCCCC(COC(=O)C(CCCCCCC)CCCCCCC)OC(=O)CCCN(C)C. The van der Waals surface area contributed by atoms with Crippen LogP contribution in [-0.4, -0.2) is 50.2 Å². The van der Waals surface area contributed by atoms with Crippen LogP contribution in [0.4, 0.5) is 0 Å². The first-order valence-electron chi connectivity index (χ1n) is 18.4.